The smallest absolute Gasteiger partial charge is 0.409 e. The van der Waals surface area contributed by atoms with Gasteiger partial charge in [0.05, 0.1) is 18.8 Å². The summed E-state index contributed by atoms with van der Waals surface area (Å²) in [5, 5.41) is 7.12. The molecule has 9 nitrogen and oxygen atoms in total. The van der Waals surface area contributed by atoms with Gasteiger partial charge in [0.1, 0.15) is 11.5 Å². The van der Waals surface area contributed by atoms with E-state index in [1.54, 1.807) is 29.0 Å². The highest BCUT2D eigenvalue weighted by atomic mass is 16.6. The SMILES string of the molecule is CCOC(=O)N1CCN(C(=O)c2cc(Cn3ccnc3C(C)C)[nH]n2)CC1. The van der Waals surface area contributed by atoms with Crippen molar-refractivity contribution in [2.24, 2.45) is 0 Å². The molecule has 0 bridgehead atoms. The Morgan fingerprint density at radius 3 is 2.59 bits per heavy atom. The molecule has 0 saturated carbocycles. The van der Waals surface area contributed by atoms with Gasteiger partial charge in [0.15, 0.2) is 0 Å². The second-order valence-electron chi connectivity index (χ2n) is 6.82. The van der Waals surface area contributed by atoms with E-state index in [1.807, 2.05) is 10.8 Å². The van der Waals surface area contributed by atoms with Gasteiger partial charge < -0.3 is 19.1 Å². The predicted octanol–water partition coefficient (Wildman–Crippen LogP) is 1.69. The number of imidazole rings is 1. The molecular formula is C18H26N6O3. The average molecular weight is 374 g/mol. The number of nitrogens with one attached hydrogen (secondary N) is 1. The van der Waals surface area contributed by atoms with Gasteiger partial charge in [0.25, 0.3) is 5.91 Å². The van der Waals surface area contributed by atoms with E-state index in [9.17, 15) is 9.59 Å². The first-order chi connectivity index (χ1) is 13.0. The molecule has 1 N–H and O–H groups in total. The van der Waals surface area contributed by atoms with Gasteiger partial charge in [-0.25, -0.2) is 9.78 Å². The second-order valence-corrected chi connectivity index (χ2v) is 6.82. The molecule has 9 heteroatoms. The van der Waals surface area contributed by atoms with Crippen molar-refractivity contribution in [2.45, 2.75) is 33.2 Å². The number of aromatic nitrogens is 4. The standard InChI is InChI=1S/C18H26N6O3/c1-4-27-18(26)23-9-7-22(8-10-23)17(25)15-11-14(20-21-15)12-24-6-5-19-16(24)13(2)3/h5-6,11,13H,4,7-10,12H2,1-3H3,(H,20,21). The molecule has 146 valence electrons. The molecule has 2 amide bonds. The topological polar surface area (TPSA) is 96.4 Å². The number of carbonyl (C=O) groups excluding carboxylic acids is 2. The van der Waals surface area contributed by atoms with E-state index in [2.05, 4.69) is 29.0 Å². The summed E-state index contributed by atoms with van der Waals surface area (Å²) in [6.07, 6.45) is 3.38. The lowest BCUT2D eigenvalue weighted by Gasteiger charge is -2.33. The molecule has 1 aliphatic rings. The third-order valence-corrected chi connectivity index (χ3v) is 4.55. The van der Waals surface area contributed by atoms with Gasteiger partial charge in [0.2, 0.25) is 0 Å². The summed E-state index contributed by atoms with van der Waals surface area (Å²) in [4.78, 5) is 32.1. The fourth-order valence-electron chi connectivity index (χ4n) is 3.16. The predicted molar refractivity (Wildman–Crippen MR) is 98.5 cm³/mol. The van der Waals surface area contributed by atoms with E-state index in [1.165, 1.54) is 0 Å². The zero-order chi connectivity index (χ0) is 19.4. The van der Waals surface area contributed by atoms with Crippen molar-refractivity contribution < 1.29 is 14.3 Å². The van der Waals surface area contributed by atoms with Crippen molar-refractivity contribution in [1.82, 2.24) is 29.5 Å². The van der Waals surface area contributed by atoms with Crippen molar-refractivity contribution in [1.29, 1.82) is 0 Å². The summed E-state index contributed by atoms with van der Waals surface area (Å²) in [6.45, 7) is 8.78. The highest BCUT2D eigenvalue weighted by Gasteiger charge is 2.26. The van der Waals surface area contributed by atoms with Crippen LogP contribution in [-0.4, -0.2) is 74.3 Å². The Bertz CT molecular complexity index is 789. The van der Waals surface area contributed by atoms with Crippen molar-refractivity contribution in [2.75, 3.05) is 32.8 Å². The fourth-order valence-corrected chi connectivity index (χ4v) is 3.16. The van der Waals surface area contributed by atoms with Gasteiger partial charge in [0, 0.05) is 44.5 Å². The number of hydrogen-bond donors (Lipinski definition) is 1. The number of rotatable bonds is 5. The third-order valence-electron chi connectivity index (χ3n) is 4.55. The molecule has 1 aliphatic heterocycles. The van der Waals surface area contributed by atoms with Crippen molar-refractivity contribution in [3.8, 4) is 0 Å². The van der Waals surface area contributed by atoms with E-state index in [4.69, 9.17) is 4.74 Å². The van der Waals surface area contributed by atoms with Crippen LogP contribution in [0.15, 0.2) is 18.5 Å². The van der Waals surface area contributed by atoms with E-state index in [-0.39, 0.29) is 12.0 Å². The van der Waals surface area contributed by atoms with Crippen LogP contribution < -0.4 is 0 Å². The average Bonchev–Trinajstić information content (AvgIpc) is 3.31. The van der Waals surface area contributed by atoms with Crippen molar-refractivity contribution in [3.63, 3.8) is 0 Å². The molecule has 3 heterocycles. The van der Waals surface area contributed by atoms with Crippen LogP contribution in [-0.2, 0) is 11.3 Å². The lowest BCUT2D eigenvalue weighted by molar-refractivity contribution is 0.0566. The van der Waals surface area contributed by atoms with Gasteiger partial charge >= 0.3 is 6.09 Å². The van der Waals surface area contributed by atoms with Crippen LogP contribution in [0.5, 0.6) is 0 Å². The molecule has 0 radical (unpaired) electrons. The zero-order valence-corrected chi connectivity index (χ0v) is 16.0. The van der Waals surface area contributed by atoms with E-state index in [0.29, 0.717) is 50.9 Å². The van der Waals surface area contributed by atoms with E-state index < -0.39 is 0 Å². The van der Waals surface area contributed by atoms with Crippen LogP contribution in [0.4, 0.5) is 4.79 Å². The maximum absolute atomic E-state index is 12.7. The zero-order valence-electron chi connectivity index (χ0n) is 16.0. The van der Waals surface area contributed by atoms with Gasteiger partial charge in [-0.2, -0.15) is 5.10 Å². The number of ether oxygens (including phenoxy) is 1. The minimum atomic E-state index is -0.326. The summed E-state index contributed by atoms with van der Waals surface area (Å²) in [5.74, 6) is 1.18. The summed E-state index contributed by atoms with van der Waals surface area (Å²) in [5.41, 5.74) is 1.24. The molecular weight excluding hydrogens is 348 g/mol. The number of carbonyl (C=O) groups is 2. The molecule has 0 aliphatic carbocycles. The number of aromatic amines is 1. The monoisotopic (exact) mass is 374 g/mol. The minimum Gasteiger partial charge on any atom is -0.450 e. The highest BCUT2D eigenvalue weighted by Crippen LogP contribution is 2.14. The summed E-state index contributed by atoms with van der Waals surface area (Å²) < 4.78 is 7.05. The molecule has 2 aromatic rings. The molecule has 0 unspecified atom stereocenters. The number of hydrogen-bond acceptors (Lipinski definition) is 5. The normalized spacial score (nSPS) is 14.7. The molecule has 27 heavy (non-hydrogen) atoms. The minimum absolute atomic E-state index is 0.129. The molecule has 1 saturated heterocycles. The molecule has 2 aromatic heterocycles. The molecule has 0 spiro atoms. The van der Waals surface area contributed by atoms with Gasteiger partial charge in [-0.15, -0.1) is 0 Å². The first kappa shape index (κ1) is 18.9. The second kappa shape index (κ2) is 8.24. The summed E-state index contributed by atoms with van der Waals surface area (Å²) >= 11 is 0. The van der Waals surface area contributed by atoms with Gasteiger partial charge in [-0.1, -0.05) is 13.8 Å². The Kier molecular flexibility index (Phi) is 5.78. The van der Waals surface area contributed by atoms with Crippen molar-refractivity contribution >= 4 is 12.0 Å². The van der Waals surface area contributed by atoms with Crippen LogP contribution in [0.3, 0.4) is 0 Å². The van der Waals surface area contributed by atoms with Gasteiger partial charge in [-0.05, 0) is 13.0 Å². The quantitative estimate of drug-likeness (QED) is 0.859. The van der Waals surface area contributed by atoms with E-state index in [0.717, 1.165) is 11.5 Å². The Labute approximate surface area is 158 Å². The van der Waals surface area contributed by atoms with Crippen LogP contribution in [0, 0.1) is 0 Å². The Hall–Kier alpha value is -2.84. The van der Waals surface area contributed by atoms with Crippen LogP contribution in [0.25, 0.3) is 0 Å². The number of H-pyrrole nitrogens is 1. The number of nitrogens with zero attached hydrogens (tertiary/aromatic N) is 5. The Balaban J connectivity index is 1.59. The largest absolute Gasteiger partial charge is 0.450 e. The van der Waals surface area contributed by atoms with Crippen LogP contribution in [0.2, 0.25) is 0 Å². The number of piperazine rings is 1. The first-order valence-corrected chi connectivity index (χ1v) is 9.25. The molecule has 3 rings (SSSR count). The maximum atomic E-state index is 12.7. The Morgan fingerprint density at radius 2 is 1.93 bits per heavy atom. The maximum Gasteiger partial charge on any atom is 0.409 e. The lowest BCUT2D eigenvalue weighted by atomic mass is 10.2. The summed E-state index contributed by atoms with van der Waals surface area (Å²) in [6, 6.07) is 1.78. The lowest BCUT2D eigenvalue weighted by Crippen LogP contribution is -2.50. The molecule has 0 aromatic carbocycles. The highest BCUT2D eigenvalue weighted by molar-refractivity contribution is 5.92. The number of amides is 2. The first-order valence-electron chi connectivity index (χ1n) is 9.25. The van der Waals surface area contributed by atoms with Crippen LogP contribution in [0.1, 0.15) is 48.7 Å². The van der Waals surface area contributed by atoms with Gasteiger partial charge in [-0.3, -0.25) is 9.89 Å². The molecule has 0 atom stereocenters. The summed E-state index contributed by atoms with van der Waals surface area (Å²) in [7, 11) is 0. The Morgan fingerprint density at radius 1 is 1.22 bits per heavy atom. The van der Waals surface area contributed by atoms with E-state index >= 15 is 0 Å². The van der Waals surface area contributed by atoms with Crippen molar-refractivity contribution in [3.05, 3.63) is 35.7 Å². The fraction of sp³-hybridized carbons (Fsp3) is 0.556. The third kappa shape index (κ3) is 4.29. The van der Waals surface area contributed by atoms with Crippen LogP contribution >= 0.6 is 0 Å². The molecule has 1 fully saturated rings.